The number of aromatic hydroxyl groups is 3. The maximum atomic E-state index is 12.7. The molecule has 1 aliphatic rings. The van der Waals surface area contributed by atoms with Gasteiger partial charge in [-0.1, -0.05) is 0 Å². The van der Waals surface area contributed by atoms with E-state index in [4.69, 9.17) is 9.15 Å². The van der Waals surface area contributed by atoms with Crippen LogP contribution in [0.4, 0.5) is 0 Å². The Morgan fingerprint density at radius 3 is 2.19 bits per heavy atom. The molecule has 10 heteroatoms. The molecule has 1 fully saturated rings. The van der Waals surface area contributed by atoms with Gasteiger partial charge in [0.05, 0.1) is 12.2 Å². The Morgan fingerprint density at radius 1 is 0.871 bits per heavy atom. The van der Waals surface area contributed by atoms with E-state index < -0.39 is 54.1 Å². The smallest absolute Gasteiger partial charge is 0.197 e. The fourth-order valence-corrected chi connectivity index (χ4v) is 3.70. The van der Waals surface area contributed by atoms with Crippen LogP contribution in [0.25, 0.3) is 22.3 Å². The van der Waals surface area contributed by atoms with Crippen molar-refractivity contribution in [1.82, 2.24) is 0 Å². The van der Waals surface area contributed by atoms with E-state index in [9.17, 15) is 40.5 Å². The third-order valence-corrected chi connectivity index (χ3v) is 5.33. The molecule has 0 amide bonds. The van der Waals surface area contributed by atoms with Crippen LogP contribution in [0.2, 0.25) is 0 Å². The van der Waals surface area contributed by atoms with Crippen molar-refractivity contribution in [2.45, 2.75) is 30.5 Å². The van der Waals surface area contributed by atoms with Gasteiger partial charge < -0.3 is 44.9 Å². The van der Waals surface area contributed by atoms with E-state index in [0.29, 0.717) is 5.56 Å². The van der Waals surface area contributed by atoms with Gasteiger partial charge in [-0.05, 0) is 24.3 Å². The molecule has 0 spiro atoms. The van der Waals surface area contributed by atoms with Gasteiger partial charge in [-0.25, -0.2) is 0 Å². The molecule has 2 aromatic carbocycles. The summed E-state index contributed by atoms with van der Waals surface area (Å²) in [4.78, 5) is 12.7. The SMILES string of the molecule is O=c1cc(-c2ccc(O)cc2)oc2c([C@@H]3OC(CO)[C@H](O)[C@H](O)C3O)c(O)cc(O)c12. The van der Waals surface area contributed by atoms with E-state index in [-0.39, 0.29) is 28.0 Å². The summed E-state index contributed by atoms with van der Waals surface area (Å²) in [5, 5.41) is 70.0. The molecule has 3 aromatic rings. The van der Waals surface area contributed by atoms with Gasteiger partial charge in [0.1, 0.15) is 58.9 Å². The molecule has 164 valence electrons. The van der Waals surface area contributed by atoms with Gasteiger partial charge in [-0.3, -0.25) is 4.79 Å². The molecule has 4 rings (SSSR count). The van der Waals surface area contributed by atoms with E-state index in [2.05, 4.69) is 0 Å². The van der Waals surface area contributed by atoms with E-state index in [1.807, 2.05) is 0 Å². The third kappa shape index (κ3) is 3.50. The molecule has 1 saturated heterocycles. The lowest BCUT2D eigenvalue weighted by atomic mass is 9.89. The van der Waals surface area contributed by atoms with Crippen LogP contribution < -0.4 is 5.43 Å². The first-order valence-electron chi connectivity index (χ1n) is 9.35. The van der Waals surface area contributed by atoms with Gasteiger partial charge in [-0.15, -0.1) is 0 Å². The first kappa shape index (κ1) is 21.1. The predicted octanol–water partition coefficient (Wildman–Crippen LogP) is 0.0917. The number of benzene rings is 2. The van der Waals surface area contributed by atoms with Crippen LogP contribution in [0.1, 0.15) is 11.7 Å². The lowest BCUT2D eigenvalue weighted by molar-refractivity contribution is -0.231. The number of hydrogen-bond donors (Lipinski definition) is 7. The highest BCUT2D eigenvalue weighted by Crippen LogP contribution is 2.43. The standard InChI is InChI=1S/C21H20O10/c22-7-14-17(27)18(28)19(29)21(31-14)16-11(25)5-10(24)15-12(26)6-13(30-20(15)16)8-1-3-9(23)4-2-8/h1-6,14,17-19,21-25,27-29H,7H2/t14?,17-,18-,19?,21-/m0/s1. The fourth-order valence-electron chi connectivity index (χ4n) is 3.70. The zero-order valence-electron chi connectivity index (χ0n) is 15.9. The van der Waals surface area contributed by atoms with Crippen molar-refractivity contribution in [3.8, 4) is 28.6 Å². The van der Waals surface area contributed by atoms with Crippen molar-refractivity contribution in [1.29, 1.82) is 0 Å². The minimum Gasteiger partial charge on any atom is -0.508 e. The molecule has 10 nitrogen and oxygen atoms in total. The molecule has 31 heavy (non-hydrogen) atoms. The van der Waals surface area contributed by atoms with Crippen molar-refractivity contribution in [2.24, 2.45) is 0 Å². The number of aliphatic hydroxyl groups excluding tert-OH is 4. The third-order valence-electron chi connectivity index (χ3n) is 5.33. The summed E-state index contributed by atoms with van der Waals surface area (Å²) in [5.74, 6) is -1.15. The number of ether oxygens (including phenoxy) is 1. The first-order chi connectivity index (χ1) is 14.7. The molecule has 0 aliphatic carbocycles. The first-order valence-corrected chi connectivity index (χ1v) is 9.35. The summed E-state index contributed by atoms with van der Waals surface area (Å²) < 4.78 is 11.3. The Balaban J connectivity index is 1.96. The van der Waals surface area contributed by atoms with Crippen molar-refractivity contribution < 1.29 is 44.9 Å². The highest BCUT2D eigenvalue weighted by atomic mass is 16.5. The average molecular weight is 432 g/mol. The number of phenolic OH excluding ortho intramolecular Hbond substituents is 3. The summed E-state index contributed by atoms with van der Waals surface area (Å²) in [6.45, 7) is -0.694. The van der Waals surface area contributed by atoms with Gasteiger partial charge in [0, 0.05) is 17.7 Å². The highest BCUT2D eigenvalue weighted by Gasteiger charge is 2.46. The number of phenols is 3. The van der Waals surface area contributed by atoms with Crippen LogP contribution in [0.5, 0.6) is 17.2 Å². The largest absolute Gasteiger partial charge is 0.508 e. The molecule has 1 aromatic heterocycles. The fraction of sp³-hybridized carbons (Fsp3) is 0.286. The Bertz CT molecular complexity index is 1170. The van der Waals surface area contributed by atoms with Crippen molar-refractivity contribution in [2.75, 3.05) is 6.61 Å². The number of hydrogen-bond acceptors (Lipinski definition) is 10. The minimum atomic E-state index is -1.75. The zero-order chi connectivity index (χ0) is 22.4. The van der Waals surface area contributed by atoms with Gasteiger partial charge >= 0.3 is 0 Å². The summed E-state index contributed by atoms with van der Waals surface area (Å²) in [5.41, 5.74) is -0.813. The monoisotopic (exact) mass is 432 g/mol. The van der Waals surface area contributed by atoms with Gasteiger partial charge in [0.25, 0.3) is 0 Å². The Kier molecular flexibility index (Phi) is 5.33. The molecule has 0 bridgehead atoms. The zero-order valence-corrected chi connectivity index (χ0v) is 15.9. The number of aliphatic hydroxyl groups is 4. The normalized spacial score (nSPS) is 26.3. The molecule has 2 heterocycles. The van der Waals surface area contributed by atoms with E-state index in [0.717, 1.165) is 12.1 Å². The average Bonchev–Trinajstić information content (AvgIpc) is 2.73. The maximum absolute atomic E-state index is 12.7. The minimum absolute atomic E-state index is 0.0100. The molecule has 0 radical (unpaired) electrons. The lowest BCUT2D eigenvalue weighted by Crippen LogP contribution is -2.55. The van der Waals surface area contributed by atoms with E-state index >= 15 is 0 Å². The summed E-state index contributed by atoms with van der Waals surface area (Å²) >= 11 is 0. The number of fused-ring (bicyclic) bond motifs is 1. The predicted molar refractivity (Wildman–Crippen MR) is 106 cm³/mol. The molecular formula is C21H20O10. The lowest BCUT2D eigenvalue weighted by Gasteiger charge is -2.40. The van der Waals surface area contributed by atoms with Crippen LogP contribution in [0.15, 0.2) is 45.6 Å². The van der Waals surface area contributed by atoms with Gasteiger partial charge in [0.15, 0.2) is 11.0 Å². The van der Waals surface area contributed by atoms with Crippen LogP contribution in [0.3, 0.4) is 0 Å². The van der Waals surface area contributed by atoms with Crippen molar-refractivity contribution in [3.05, 3.63) is 52.2 Å². The molecule has 2 unspecified atom stereocenters. The van der Waals surface area contributed by atoms with E-state index in [1.165, 1.54) is 24.3 Å². The molecular weight excluding hydrogens is 412 g/mol. The Labute approximate surface area is 174 Å². The highest BCUT2D eigenvalue weighted by molar-refractivity contribution is 5.89. The van der Waals surface area contributed by atoms with Gasteiger partial charge in [0.2, 0.25) is 0 Å². The van der Waals surface area contributed by atoms with Crippen LogP contribution in [-0.2, 0) is 4.74 Å². The van der Waals surface area contributed by atoms with Crippen molar-refractivity contribution >= 4 is 11.0 Å². The van der Waals surface area contributed by atoms with E-state index in [1.54, 1.807) is 0 Å². The molecule has 7 N–H and O–H groups in total. The Morgan fingerprint density at radius 2 is 1.55 bits per heavy atom. The molecule has 5 atom stereocenters. The van der Waals surface area contributed by atoms with Crippen LogP contribution in [-0.4, -0.2) is 66.8 Å². The topological polar surface area (TPSA) is 181 Å². The summed E-state index contributed by atoms with van der Waals surface area (Å²) in [6.07, 6.45) is -7.87. The summed E-state index contributed by atoms with van der Waals surface area (Å²) in [6, 6.07) is 7.69. The molecule has 1 aliphatic heterocycles. The van der Waals surface area contributed by atoms with Crippen molar-refractivity contribution in [3.63, 3.8) is 0 Å². The second-order valence-corrected chi connectivity index (χ2v) is 7.30. The Hall–Kier alpha value is -3.15. The second-order valence-electron chi connectivity index (χ2n) is 7.30. The quantitative estimate of drug-likeness (QED) is 0.300. The maximum Gasteiger partial charge on any atom is 0.197 e. The second kappa shape index (κ2) is 7.84. The van der Waals surface area contributed by atoms with Gasteiger partial charge in [-0.2, -0.15) is 0 Å². The summed E-state index contributed by atoms with van der Waals surface area (Å²) in [7, 11) is 0. The van der Waals surface area contributed by atoms with Crippen LogP contribution in [0, 0.1) is 0 Å². The van der Waals surface area contributed by atoms with Crippen LogP contribution >= 0.6 is 0 Å². The molecule has 0 saturated carbocycles. The number of rotatable bonds is 3.